The molecule has 0 aliphatic rings. The molecule has 1 atom stereocenters. The van der Waals surface area contributed by atoms with E-state index in [1.54, 1.807) is 0 Å². The minimum atomic E-state index is -4.42. The van der Waals surface area contributed by atoms with Crippen LogP contribution in [0, 0.1) is 6.07 Å². The minimum Gasteiger partial charge on any atom is -0.614 e. The van der Waals surface area contributed by atoms with Crippen LogP contribution in [-0.2, 0) is 17.4 Å². The second-order valence-electron chi connectivity index (χ2n) is 2.79. The second-order valence-corrected chi connectivity index (χ2v) is 4.17. The van der Waals surface area contributed by atoms with Gasteiger partial charge < -0.3 is 9.29 Å². The van der Waals surface area contributed by atoms with Crippen molar-refractivity contribution in [3.63, 3.8) is 0 Å². The molecule has 83 valence electrons. The zero-order valence-corrected chi connectivity index (χ0v) is 8.61. The Balaban J connectivity index is 2.75. The van der Waals surface area contributed by atoms with E-state index < -0.39 is 22.9 Å². The molecule has 15 heavy (non-hydrogen) atoms. The van der Waals surface area contributed by atoms with Gasteiger partial charge in [0.05, 0.1) is 11.8 Å². The number of benzene rings is 1. The lowest BCUT2D eigenvalue weighted by Gasteiger charge is -2.10. The predicted molar refractivity (Wildman–Crippen MR) is 49.8 cm³/mol. The van der Waals surface area contributed by atoms with Gasteiger partial charge in [0.1, 0.15) is 5.75 Å². The van der Waals surface area contributed by atoms with E-state index >= 15 is 0 Å². The van der Waals surface area contributed by atoms with Crippen LogP contribution in [0.1, 0.15) is 5.56 Å². The largest absolute Gasteiger partial charge is 0.614 e. The Hall–Kier alpha value is -0.880. The molecule has 0 aliphatic carbocycles. The van der Waals surface area contributed by atoms with Crippen LogP contribution in [0.4, 0.5) is 13.2 Å². The normalized spacial score (nSPS) is 13.7. The van der Waals surface area contributed by atoms with E-state index in [1.807, 2.05) is 0 Å². The maximum atomic E-state index is 12.2. The Morgan fingerprint density at radius 3 is 2.67 bits per heavy atom. The highest BCUT2D eigenvalue weighted by Crippen LogP contribution is 2.31. The molecule has 1 rings (SSSR count). The lowest BCUT2D eigenvalue weighted by Crippen LogP contribution is -2.10. The lowest BCUT2D eigenvalue weighted by atomic mass is 10.2. The van der Waals surface area contributed by atoms with E-state index in [0.29, 0.717) is 0 Å². The molecule has 0 spiro atoms. The monoisotopic (exact) mass is 237 g/mol. The van der Waals surface area contributed by atoms with Gasteiger partial charge in [-0.1, -0.05) is 0 Å². The third kappa shape index (κ3) is 4.01. The third-order valence-electron chi connectivity index (χ3n) is 1.48. The van der Waals surface area contributed by atoms with Gasteiger partial charge in [-0.05, 0) is 35.4 Å². The molecule has 6 heteroatoms. The summed E-state index contributed by atoms with van der Waals surface area (Å²) in [6.45, 7) is 0. The number of rotatable bonds is 3. The topological polar surface area (TPSA) is 32.3 Å². The average Bonchev–Trinajstić information content (AvgIpc) is 2.14. The van der Waals surface area contributed by atoms with Crippen molar-refractivity contribution in [2.24, 2.45) is 0 Å². The molecule has 1 unspecified atom stereocenters. The van der Waals surface area contributed by atoms with Crippen molar-refractivity contribution in [1.82, 2.24) is 0 Å². The molecule has 0 fully saturated rings. The van der Waals surface area contributed by atoms with E-state index in [2.05, 4.69) is 6.07 Å². The van der Waals surface area contributed by atoms with Gasteiger partial charge in [-0.25, -0.2) is 0 Å². The highest BCUT2D eigenvalue weighted by Gasteiger charge is 2.30. The fraction of sp³-hybridized carbons (Fsp3) is 0.333. The fourth-order valence-corrected chi connectivity index (χ4v) is 1.15. The summed E-state index contributed by atoms with van der Waals surface area (Å²) in [5, 5.41) is 0. The summed E-state index contributed by atoms with van der Waals surface area (Å²) in [4.78, 5) is 0. The van der Waals surface area contributed by atoms with Crippen molar-refractivity contribution in [1.29, 1.82) is 0 Å². The second kappa shape index (κ2) is 4.76. The fourth-order valence-electron chi connectivity index (χ4n) is 0.848. The van der Waals surface area contributed by atoms with Crippen LogP contribution in [0.5, 0.6) is 5.75 Å². The molecule has 0 aromatic heterocycles. The summed E-state index contributed by atoms with van der Waals surface area (Å²) < 4.78 is 52.2. The van der Waals surface area contributed by atoms with Crippen LogP contribution in [0.2, 0.25) is 0 Å². The first-order valence-corrected chi connectivity index (χ1v) is 5.63. The maximum absolute atomic E-state index is 12.2. The van der Waals surface area contributed by atoms with Crippen LogP contribution in [0.25, 0.3) is 0 Å². The number of hydrogen-bond acceptors (Lipinski definition) is 2. The highest BCUT2D eigenvalue weighted by molar-refractivity contribution is 7.90. The van der Waals surface area contributed by atoms with Crippen molar-refractivity contribution in [2.45, 2.75) is 6.18 Å². The summed E-state index contributed by atoms with van der Waals surface area (Å²) in [5.41, 5.74) is -0.832. The van der Waals surface area contributed by atoms with Gasteiger partial charge in [-0.3, -0.25) is 0 Å². The van der Waals surface area contributed by atoms with E-state index in [-0.39, 0.29) is 11.7 Å². The molecule has 1 aromatic rings. The Morgan fingerprint density at radius 2 is 2.13 bits per heavy atom. The van der Waals surface area contributed by atoms with Gasteiger partial charge in [0.15, 0.2) is 0 Å². The molecular formula is C9H8F3O2S. The minimum absolute atomic E-state index is 0.0139. The number of halogens is 3. The molecule has 0 heterocycles. The van der Waals surface area contributed by atoms with Crippen LogP contribution in [-0.4, -0.2) is 16.7 Å². The van der Waals surface area contributed by atoms with Crippen LogP contribution in [0.3, 0.4) is 0 Å². The highest BCUT2D eigenvalue weighted by atomic mass is 32.2. The standard InChI is InChI=1S/C9H8F3O2S/c1-15(13)6-14-8-4-2-3-7(5-8)9(10,11)12/h3-5H,6H2,1H3. The summed E-state index contributed by atoms with van der Waals surface area (Å²) in [6.07, 6.45) is -3.02. The van der Waals surface area contributed by atoms with Gasteiger partial charge >= 0.3 is 6.18 Å². The van der Waals surface area contributed by atoms with Gasteiger partial charge in [0.2, 0.25) is 5.94 Å². The van der Waals surface area contributed by atoms with E-state index in [4.69, 9.17) is 4.74 Å². The molecule has 1 radical (unpaired) electrons. The van der Waals surface area contributed by atoms with E-state index in [1.165, 1.54) is 12.3 Å². The number of alkyl halides is 3. The average molecular weight is 237 g/mol. The Labute approximate surface area is 88.2 Å². The summed E-state index contributed by atoms with van der Waals surface area (Å²) in [6, 6.07) is 5.26. The first-order chi connectivity index (χ1) is 6.89. The Bertz CT molecular complexity index is 325. The van der Waals surface area contributed by atoms with Crippen LogP contribution >= 0.6 is 0 Å². The maximum Gasteiger partial charge on any atom is 0.416 e. The number of hydrogen-bond donors (Lipinski definition) is 0. The van der Waals surface area contributed by atoms with Crippen molar-refractivity contribution < 1.29 is 22.5 Å². The molecule has 0 saturated carbocycles. The van der Waals surface area contributed by atoms with Gasteiger partial charge in [0, 0.05) is 0 Å². The predicted octanol–water partition coefficient (Wildman–Crippen LogP) is 2.22. The van der Waals surface area contributed by atoms with Gasteiger partial charge in [-0.15, -0.1) is 0 Å². The summed E-state index contributed by atoms with van der Waals surface area (Å²) in [7, 11) is 0. The SMILES string of the molecule is C[S+]([O-])COc1c[c]cc(C(F)(F)F)c1. The van der Waals surface area contributed by atoms with Gasteiger partial charge in [-0.2, -0.15) is 13.2 Å². The quantitative estimate of drug-likeness (QED) is 0.755. The summed E-state index contributed by atoms with van der Waals surface area (Å²) >= 11 is -1.21. The van der Waals surface area contributed by atoms with E-state index in [9.17, 15) is 17.7 Å². The zero-order chi connectivity index (χ0) is 11.5. The van der Waals surface area contributed by atoms with Crippen molar-refractivity contribution >= 4 is 11.2 Å². The van der Waals surface area contributed by atoms with Crippen molar-refractivity contribution in [2.75, 3.05) is 12.2 Å². The Kier molecular flexibility index (Phi) is 3.87. The molecule has 1 aromatic carbocycles. The molecule has 2 nitrogen and oxygen atoms in total. The van der Waals surface area contributed by atoms with Crippen molar-refractivity contribution in [3.05, 3.63) is 29.8 Å². The molecule has 0 amide bonds. The number of ether oxygens (including phenoxy) is 1. The zero-order valence-electron chi connectivity index (χ0n) is 7.80. The first kappa shape index (κ1) is 12.2. The Morgan fingerprint density at radius 1 is 1.47 bits per heavy atom. The third-order valence-corrected chi connectivity index (χ3v) is 1.93. The lowest BCUT2D eigenvalue weighted by molar-refractivity contribution is -0.137. The van der Waals surface area contributed by atoms with Crippen molar-refractivity contribution in [3.8, 4) is 5.75 Å². The van der Waals surface area contributed by atoms with Crippen LogP contribution in [0.15, 0.2) is 18.2 Å². The molecule has 0 aliphatic heterocycles. The van der Waals surface area contributed by atoms with Crippen LogP contribution < -0.4 is 4.74 Å². The van der Waals surface area contributed by atoms with E-state index in [0.717, 1.165) is 12.1 Å². The molecule has 0 N–H and O–H groups in total. The first-order valence-electron chi connectivity index (χ1n) is 3.91. The summed E-state index contributed by atoms with van der Waals surface area (Å²) in [5.74, 6) is -0.116. The molecular weight excluding hydrogens is 229 g/mol. The molecule has 0 bridgehead atoms. The smallest absolute Gasteiger partial charge is 0.416 e. The van der Waals surface area contributed by atoms with Gasteiger partial charge in [0.25, 0.3) is 0 Å². The molecule has 0 saturated heterocycles.